The lowest BCUT2D eigenvalue weighted by Crippen LogP contribution is -2.23. The number of aliphatic hydroxyl groups excluding tert-OH is 1. The molecular weight excluding hydrogens is 236 g/mol. The third kappa shape index (κ3) is 5.48. The summed E-state index contributed by atoms with van der Waals surface area (Å²) in [6, 6.07) is 3.44. The summed E-state index contributed by atoms with van der Waals surface area (Å²) >= 11 is 0.539. The molecule has 0 spiro atoms. The molecule has 1 atom stereocenters. The van der Waals surface area contributed by atoms with Crippen LogP contribution in [-0.4, -0.2) is 23.5 Å². The smallest absolute Gasteiger partial charge is 0.284 e. The number of hydrogen-bond donors (Lipinski definition) is 2. The van der Waals surface area contributed by atoms with Crippen molar-refractivity contribution < 1.29 is 18.3 Å². The first-order valence-corrected chi connectivity index (χ1v) is 5.99. The van der Waals surface area contributed by atoms with Gasteiger partial charge in [-0.05, 0) is 19.1 Å². The van der Waals surface area contributed by atoms with E-state index in [4.69, 9.17) is 9.52 Å². The van der Waals surface area contributed by atoms with Crippen molar-refractivity contribution in [2.24, 2.45) is 0 Å². The molecule has 92 valence electrons. The summed E-state index contributed by atoms with van der Waals surface area (Å²) in [4.78, 5) is 0. The summed E-state index contributed by atoms with van der Waals surface area (Å²) in [6.45, 7) is 2.64. The highest BCUT2D eigenvalue weighted by Gasteiger charge is 2.07. The van der Waals surface area contributed by atoms with Crippen LogP contribution in [0, 0.1) is 0 Å². The van der Waals surface area contributed by atoms with E-state index >= 15 is 0 Å². The number of hydrogen-bond acceptors (Lipinski definition) is 4. The van der Waals surface area contributed by atoms with Crippen LogP contribution in [0.2, 0.25) is 0 Å². The Bertz CT molecular complexity index is 305. The minimum atomic E-state index is -2.37. The molecule has 0 saturated carbocycles. The number of thioether (sulfide) groups is 1. The Morgan fingerprint density at radius 2 is 2.12 bits per heavy atom. The van der Waals surface area contributed by atoms with Gasteiger partial charge in [0.2, 0.25) is 0 Å². The van der Waals surface area contributed by atoms with Gasteiger partial charge in [-0.15, -0.1) is 0 Å². The van der Waals surface area contributed by atoms with Crippen LogP contribution >= 0.6 is 11.8 Å². The topological polar surface area (TPSA) is 45.4 Å². The zero-order chi connectivity index (χ0) is 12.0. The summed E-state index contributed by atoms with van der Waals surface area (Å²) in [5.74, 6) is -0.972. The number of nitrogens with one attached hydrogen (secondary N) is 1. The van der Waals surface area contributed by atoms with E-state index in [1.807, 2.05) is 0 Å². The minimum Gasteiger partial charge on any atom is -0.464 e. The molecule has 0 bridgehead atoms. The van der Waals surface area contributed by atoms with Crippen LogP contribution in [0.25, 0.3) is 0 Å². The van der Waals surface area contributed by atoms with Gasteiger partial charge in [-0.2, -0.15) is 8.78 Å². The molecule has 0 amide bonds. The SMILES string of the molecule is C[C@@H](O)CNCc1ccc(CSC(F)F)o1. The first kappa shape index (κ1) is 13.5. The van der Waals surface area contributed by atoms with Gasteiger partial charge in [-0.1, -0.05) is 11.8 Å². The third-order valence-electron chi connectivity index (χ3n) is 1.81. The number of alkyl halides is 2. The number of furan rings is 1. The largest absolute Gasteiger partial charge is 0.464 e. The molecule has 0 unspecified atom stereocenters. The molecule has 3 nitrogen and oxygen atoms in total. The molecule has 0 fully saturated rings. The van der Waals surface area contributed by atoms with E-state index in [0.29, 0.717) is 36.4 Å². The lowest BCUT2D eigenvalue weighted by molar-refractivity contribution is 0.190. The first-order valence-electron chi connectivity index (χ1n) is 4.94. The Labute approximate surface area is 97.2 Å². The summed E-state index contributed by atoms with van der Waals surface area (Å²) < 4.78 is 29.1. The van der Waals surface area contributed by atoms with Gasteiger partial charge < -0.3 is 14.8 Å². The van der Waals surface area contributed by atoms with Crippen LogP contribution in [0.1, 0.15) is 18.4 Å². The molecule has 0 radical (unpaired) electrons. The molecule has 2 N–H and O–H groups in total. The van der Waals surface area contributed by atoms with Crippen molar-refractivity contribution in [3.05, 3.63) is 23.7 Å². The normalized spacial score (nSPS) is 13.3. The minimum absolute atomic E-state index is 0.175. The van der Waals surface area contributed by atoms with Crippen LogP contribution in [-0.2, 0) is 12.3 Å². The van der Waals surface area contributed by atoms with Crippen molar-refractivity contribution in [3.8, 4) is 0 Å². The zero-order valence-electron chi connectivity index (χ0n) is 8.95. The van der Waals surface area contributed by atoms with Crippen molar-refractivity contribution in [2.75, 3.05) is 6.54 Å². The maximum absolute atomic E-state index is 11.9. The van der Waals surface area contributed by atoms with Crippen LogP contribution in [0.5, 0.6) is 0 Å². The average molecular weight is 251 g/mol. The molecule has 0 aliphatic carbocycles. The first-order chi connectivity index (χ1) is 7.58. The molecule has 1 rings (SSSR count). The van der Waals surface area contributed by atoms with Gasteiger partial charge in [-0.25, -0.2) is 0 Å². The van der Waals surface area contributed by atoms with Gasteiger partial charge in [0.15, 0.2) is 0 Å². The highest BCUT2D eigenvalue weighted by Crippen LogP contribution is 2.21. The second kappa shape index (κ2) is 6.88. The highest BCUT2D eigenvalue weighted by atomic mass is 32.2. The van der Waals surface area contributed by atoms with Gasteiger partial charge in [0.05, 0.1) is 18.4 Å². The summed E-state index contributed by atoms with van der Waals surface area (Å²) in [6.07, 6.45) is -0.413. The Hall–Kier alpha value is -0.590. The maximum atomic E-state index is 11.9. The fourth-order valence-corrected chi connectivity index (χ4v) is 1.59. The van der Waals surface area contributed by atoms with Gasteiger partial charge >= 0.3 is 0 Å². The molecule has 1 aromatic rings. The van der Waals surface area contributed by atoms with Crippen molar-refractivity contribution in [3.63, 3.8) is 0 Å². The van der Waals surface area contributed by atoms with Gasteiger partial charge in [0.25, 0.3) is 5.76 Å². The van der Waals surface area contributed by atoms with E-state index in [1.54, 1.807) is 19.1 Å². The lowest BCUT2D eigenvalue weighted by atomic mass is 10.4. The van der Waals surface area contributed by atoms with Crippen molar-refractivity contribution in [1.29, 1.82) is 0 Å². The number of halogens is 2. The van der Waals surface area contributed by atoms with Crippen LogP contribution < -0.4 is 5.32 Å². The zero-order valence-corrected chi connectivity index (χ0v) is 9.77. The van der Waals surface area contributed by atoms with E-state index in [2.05, 4.69) is 5.32 Å². The molecule has 1 aromatic heterocycles. The molecule has 6 heteroatoms. The summed E-state index contributed by atoms with van der Waals surface area (Å²) in [5.41, 5.74) is 0. The maximum Gasteiger partial charge on any atom is 0.284 e. The van der Waals surface area contributed by atoms with Crippen LogP contribution in [0.15, 0.2) is 16.5 Å². The third-order valence-corrected chi connectivity index (χ3v) is 2.51. The lowest BCUT2D eigenvalue weighted by Gasteiger charge is -2.04. The predicted octanol–water partition coefficient (Wildman–Crippen LogP) is 2.21. The van der Waals surface area contributed by atoms with E-state index in [1.165, 1.54) is 0 Å². The molecule has 0 saturated heterocycles. The Morgan fingerprint density at radius 1 is 1.44 bits per heavy atom. The average Bonchev–Trinajstić information content (AvgIpc) is 2.62. The standard InChI is InChI=1S/C10H15F2NO2S/c1-7(14)4-13-5-8-2-3-9(15-8)6-16-10(11)12/h2-3,7,10,13-14H,4-6H2,1H3/t7-/m1/s1. The Kier molecular flexibility index (Phi) is 5.79. The molecule has 0 aromatic carbocycles. The van der Waals surface area contributed by atoms with E-state index in [9.17, 15) is 8.78 Å². The highest BCUT2D eigenvalue weighted by molar-refractivity contribution is 7.98. The Morgan fingerprint density at radius 3 is 2.75 bits per heavy atom. The fourth-order valence-electron chi connectivity index (χ4n) is 1.14. The molecular formula is C10H15F2NO2S. The predicted molar refractivity (Wildman–Crippen MR) is 59.4 cm³/mol. The van der Waals surface area contributed by atoms with Gasteiger partial charge in [-0.3, -0.25) is 0 Å². The molecule has 16 heavy (non-hydrogen) atoms. The quantitative estimate of drug-likeness (QED) is 0.780. The van der Waals surface area contributed by atoms with E-state index < -0.39 is 11.9 Å². The fraction of sp³-hybridized carbons (Fsp3) is 0.600. The number of rotatable bonds is 7. The second-order valence-electron chi connectivity index (χ2n) is 3.42. The molecule has 0 aliphatic heterocycles. The second-order valence-corrected chi connectivity index (χ2v) is 4.40. The summed E-state index contributed by atoms with van der Waals surface area (Å²) in [7, 11) is 0. The van der Waals surface area contributed by atoms with Crippen molar-refractivity contribution in [1.82, 2.24) is 5.32 Å². The molecule has 0 aliphatic rings. The number of aliphatic hydroxyl groups is 1. The monoisotopic (exact) mass is 251 g/mol. The van der Waals surface area contributed by atoms with E-state index in [-0.39, 0.29) is 5.75 Å². The van der Waals surface area contributed by atoms with Crippen molar-refractivity contribution >= 4 is 11.8 Å². The Balaban J connectivity index is 2.28. The van der Waals surface area contributed by atoms with Crippen molar-refractivity contribution in [2.45, 2.75) is 31.1 Å². The van der Waals surface area contributed by atoms with Gasteiger partial charge in [0, 0.05) is 6.54 Å². The van der Waals surface area contributed by atoms with Crippen LogP contribution in [0.4, 0.5) is 8.78 Å². The summed E-state index contributed by atoms with van der Waals surface area (Å²) in [5, 5.41) is 12.0. The van der Waals surface area contributed by atoms with E-state index in [0.717, 1.165) is 0 Å². The molecule has 1 heterocycles. The van der Waals surface area contributed by atoms with Gasteiger partial charge in [0.1, 0.15) is 11.5 Å². The van der Waals surface area contributed by atoms with Crippen LogP contribution in [0.3, 0.4) is 0 Å².